The summed E-state index contributed by atoms with van der Waals surface area (Å²) in [7, 11) is 5.51. The molecule has 6 nitrogen and oxygen atoms in total. The fourth-order valence-electron chi connectivity index (χ4n) is 4.15. The first-order chi connectivity index (χ1) is 13.1. The van der Waals surface area contributed by atoms with Gasteiger partial charge >= 0.3 is 0 Å². The lowest BCUT2D eigenvalue weighted by Gasteiger charge is -2.40. The molecule has 0 N–H and O–H groups in total. The van der Waals surface area contributed by atoms with Crippen molar-refractivity contribution in [2.45, 2.75) is 31.7 Å². The van der Waals surface area contributed by atoms with E-state index in [1.165, 1.54) is 25.8 Å². The molecular formula is C21H33N3O3. The first kappa shape index (κ1) is 20.0. The van der Waals surface area contributed by atoms with Crippen molar-refractivity contribution in [3.63, 3.8) is 0 Å². The van der Waals surface area contributed by atoms with Crippen LogP contribution in [0.15, 0.2) is 18.2 Å². The van der Waals surface area contributed by atoms with Gasteiger partial charge in [-0.15, -0.1) is 0 Å². The molecule has 0 bridgehead atoms. The molecule has 2 aliphatic rings. The van der Waals surface area contributed by atoms with Crippen LogP contribution < -0.4 is 9.47 Å². The van der Waals surface area contributed by atoms with E-state index in [0.29, 0.717) is 12.5 Å². The van der Waals surface area contributed by atoms with Gasteiger partial charge in [0.2, 0.25) is 5.91 Å². The number of methoxy groups -OCH3 is 2. The quantitative estimate of drug-likeness (QED) is 0.760. The van der Waals surface area contributed by atoms with E-state index in [0.717, 1.165) is 49.8 Å². The molecule has 1 unspecified atom stereocenters. The number of piperazine rings is 1. The Labute approximate surface area is 163 Å². The summed E-state index contributed by atoms with van der Waals surface area (Å²) < 4.78 is 10.7. The minimum atomic E-state index is 0.163. The molecule has 2 saturated heterocycles. The number of benzene rings is 1. The van der Waals surface area contributed by atoms with Gasteiger partial charge in [0, 0.05) is 44.3 Å². The molecule has 2 heterocycles. The summed E-state index contributed by atoms with van der Waals surface area (Å²) in [5.41, 5.74) is 0.883. The lowest BCUT2D eigenvalue weighted by Crippen LogP contribution is -2.53. The van der Waals surface area contributed by atoms with E-state index >= 15 is 0 Å². The minimum absolute atomic E-state index is 0.163. The summed E-state index contributed by atoms with van der Waals surface area (Å²) in [5.74, 6) is 1.65. The highest BCUT2D eigenvalue weighted by Gasteiger charge is 2.26. The fourth-order valence-corrected chi connectivity index (χ4v) is 4.15. The van der Waals surface area contributed by atoms with E-state index in [-0.39, 0.29) is 5.91 Å². The summed E-state index contributed by atoms with van der Waals surface area (Å²) in [6.45, 7) is 5.88. The van der Waals surface area contributed by atoms with Gasteiger partial charge in [0.1, 0.15) is 11.5 Å². The molecule has 0 spiro atoms. The van der Waals surface area contributed by atoms with E-state index in [1.807, 2.05) is 23.1 Å². The van der Waals surface area contributed by atoms with Crippen molar-refractivity contribution in [3.8, 4) is 11.5 Å². The standard InChI is InChI=1S/C21H33N3O3/c1-22-9-5-4-6-18(22)16-23-10-12-24(13-11-23)21(25)15-17-14-19(26-2)7-8-20(17)27-3/h7-8,14,18H,4-6,9-13,15-16H2,1-3H3. The number of ether oxygens (including phenoxy) is 2. The Kier molecular flexibility index (Phi) is 6.96. The van der Waals surface area contributed by atoms with E-state index < -0.39 is 0 Å². The number of rotatable bonds is 6. The molecule has 1 aromatic rings. The number of hydrogen-bond acceptors (Lipinski definition) is 5. The predicted molar refractivity (Wildman–Crippen MR) is 107 cm³/mol. The van der Waals surface area contributed by atoms with Crippen molar-refractivity contribution in [1.82, 2.24) is 14.7 Å². The first-order valence-electron chi connectivity index (χ1n) is 10.0. The zero-order valence-corrected chi connectivity index (χ0v) is 16.9. The molecule has 2 fully saturated rings. The third kappa shape index (κ3) is 5.14. The number of carbonyl (C=O) groups excluding carboxylic acids is 1. The Morgan fingerprint density at radius 3 is 2.52 bits per heavy atom. The van der Waals surface area contributed by atoms with Gasteiger partial charge in [-0.3, -0.25) is 9.69 Å². The van der Waals surface area contributed by atoms with Crippen molar-refractivity contribution < 1.29 is 14.3 Å². The van der Waals surface area contributed by atoms with Gasteiger partial charge in [0.15, 0.2) is 0 Å². The van der Waals surface area contributed by atoms with Crippen LogP contribution in [-0.4, -0.2) is 87.2 Å². The van der Waals surface area contributed by atoms with Gasteiger partial charge < -0.3 is 19.3 Å². The molecule has 0 radical (unpaired) electrons. The van der Waals surface area contributed by atoms with Crippen LogP contribution in [0.4, 0.5) is 0 Å². The average Bonchev–Trinajstić information content (AvgIpc) is 2.70. The monoisotopic (exact) mass is 375 g/mol. The van der Waals surface area contributed by atoms with Crippen LogP contribution in [0.5, 0.6) is 11.5 Å². The largest absolute Gasteiger partial charge is 0.497 e. The van der Waals surface area contributed by atoms with Gasteiger partial charge in [-0.05, 0) is 44.6 Å². The van der Waals surface area contributed by atoms with Crippen LogP contribution in [0.2, 0.25) is 0 Å². The van der Waals surface area contributed by atoms with Gasteiger partial charge in [-0.2, -0.15) is 0 Å². The molecule has 3 rings (SSSR count). The van der Waals surface area contributed by atoms with E-state index in [4.69, 9.17) is 9.47 Å². The Morgan fingerprint density at radius 1 is 1.07 bits per heavy atom. The van der Waals surface area contributed by atoms with Crippen molar-refractivity contribution in [2.75, 3.05) is 60.5 Å². The van der Waals surface area contributed by atoms with Crippen molar-refractivity contribution in [1.29, 1.82) is 0 Å². The lowest BCUT2D eigenvalue weighted by atomic mass is 10.0. The Morgan fingerprint density at radius 2 is 1.85 bits per heavy atom. The van der Waals surface area contributed by atoms with Crippen molar-refractivity contribution in [2.24, 2.45) is 0 Å². The number of hydrogen-bond donors (Lipinski definition) is 0. The average molecular weight is 376 g/mol. The van der Waals surface area contributed by atoms with E-state index in [2.05, 4.69) is 16.8 Å². The van der Waals surface area contributed by atoms with E-state index in [1.54, 1.807) is 14.2 Å². The van der Waals surface area contributed by atoms with Crippen LogP contribution in [0.25, 0.3) is 0 Å². The number of nitrogens with zero attached hydrogens (tertiary/aromatic N) is 3. The number of amides is 1. The second-order valence-electron chi connectivity index (χ2n) is 7.67. The number of likely N-dealkylation sites (tertiary alicyclic amines) is 1. The van der Waals surface area contributed by atoms with E-state index in [9.17, 15) is 4.79 Å². The van der Waals surface area contributed by atoms with Crippen molar-refractivity contribution in [3.05, 3.63) is 23.8 Å². The number of piperidine rings is 1. The van der Waals surface area contributed by atoms with Crippen LogP contribution in [0.3, 0.4) is 0 Å². The molecule has 0 aliphatic carbocycles. The van der Waals surface area contributed by atoms with Crippen LogP contribution in [0, 0.1) is 0 Å². The summed E-state index contributed by atoms with van der Waals surface area (Å²) in [6.07, 6.45) is 4.32. The maximum absolute atomic E-state index is 12.8. The molecule has 150 valence electrons. The zero-order chi connectivity index (χ0) is 19.2. The highest BCUT2D eigenvalue weighted by Crippen LogP contribution is 2.25. The summed E-state index contributed by atoms with van der Waals surface area (Å²) in [6, 6.07) is 6.28. The maximum Gasteiger partial charge on any atom is 0.227 e. The molecule has 6 heteroatoms. The van der Waals surface area contributed by atoms with Crippen LogP contribution in [0.1, 0.15) is 24.8 Å². The van der Waals surface area contributed by atoms with Gasteiger partial charge in [0.25, 0.3) is 0 Å². The topological polar surface area (TPSA) is 45.3 Å². The fraction of sp³-hybridized carbons (Fsp3) is 0.667. The van der Waals surface area contributed by atoms with Crippen LogP contribution >= 0.6 is 0 Å². The SMILES string of the molecule is COc1ccc(OC)c(CC(=O)N2CCN(CC3CCCCN3C)CC2)c1. The maximum atomic E-state index is 12.8. The third-order valence-electron chi connectivity index (χ3n) is 5.94. The normalized spacial score (nSPS) is 21.9. The third-order valence-corrected chi connectivity index (χ3v) is 5.94. The second-order valence-corrected chi connectivity index (χ2v) is 7.67. The van der Waals surface area contributed by atoms with Crippen molar-refractivity contribution >= 4 is 5.91 Å². The highest BCUT2D eigenvalue weighted by atomic mass is 16.5. The van der Waals surface area contributed by atoms with Gasteiger partial charge in [0.05, 0.1) is 20.6 Å². The molecule has 2 aliphatic heterocycles. The smallest absolute Gasteiger partial charge is 0.227 e. The Hall–Kier alpha value is -1.79. The predicted octanol–water partition coefficient (Wildman–Crippen LogP) is 1.87. The molecule has 0 aromatic heterocycles. The molecule has 27 heavy (non-hydrogen) atoms. The summed E-state index contributed by atoms with van der Waals surface area (Å²) in [4.78, 5) is 19.8. The second kappa shape index (κ2) is 9.42. The van der Waals surface area contributed by atoms with Gasteiger partial charge in [-0.25, -0.2) is 0 Å². The number of likely N-dealkylation sites (N-methyl/N-ethyl adjacent to an activating group) is 1. The molecule has 0 saturated carbocycles. The Bertz CT molecular complexity index is 629. The minimum Gasteiger partial charge on any atom is -0.497 e. The van der Waals surface area contributed by atoms with Crippen LogP contribution in [-0.2, 0) is 11.2 Å². The molecular weight excluding hydrogens is 342 g/mol. The number of carbonyl (C=O) groups is 1. The molecule has 1 amide bonds. The van der Waals surface area contributed by atoms with Gasteiger partial charge in [-0.1, -0.05) is 6.42 Å². The summed E-state index contributed by atoms with van der Waals surface area (Å²) >= 11 is 0. The summed E-state index contributed by atoms with van der Waals surface area (Å²) in [5, 5.41) is 0. The first-order valence-corrected chi connectivity index (χ1v) is 10.0. The Balaban J connectivity index is 1.51. The lowest BCUT2D eigenvalue weighted by molar-refractivity contribution is -0.132. The highest BCUT2D eigenvalue weighted by molar-refractivity contribution is 5.79. The zero-order valence-electron chi connectivity index (χ0n) is 16.9. The molecule has 1 aromatic carbocycles. The molecule has 1 atom stereocenters.